The second-order valence-corrected chi connectivity index (χ2v) is 7.34. The number of alkyl halides is 3. The van der Waals surface area contributed by atoms with Crippen LogP contribution in [-0.4, -0.2) is 51.4 Å². The predicted octanol–water partition coefficient (Wildman–Crippen LogP) is 3.42. The van der Waals surface area contributed by atoms with Crippen LogP contribution in [0.1, 0.15) is 26.2 Å². The molecule has 0 bridgehead atoms. The van der Waals surface area contributed by atoms with E-state index in [4.69, 9.17) is 9.90 Å². The molecule has 0 aliphatic heterocycles. The van der Waals surface area contributed by atoms with Crippen molar-refractivity contribution < 1.29 is 23.1 Å². The number of aromatic amines is 1. The smallest absolute Gasteiger partial charge is 0.475 e. The van der Waals surface area contributed by atoms with E-state index in [0.29, 0.717) is 27.5 Å². The van der Waals surface area contributed by atoms with Crippen LogP contribution in [0, 0.1) is 0 Å². The SMILES string of the molecule is CCCCCn1c2nc(Br)[nH]c2c(=O)n2c(-c3cccnc3)nnc12.O=C(O)C(F)(F)F. The van der Waals surface area contributed by atoms with E-state index < -0.39 is 12.1 Å². The van der Waals surface area contributed by atoms with Crippen molar-refractivity contribution in [2.75, 3.05) is 0 Å². The van der Waals surface area contributed by atoms with Gasteiger partial charge in [0.25, 0.3) is 5.56 Å². The van der Waals surface area contributed by atoms with Crippen molar-refractivity contribution in [1.29, 1.82) is 0 Å². The molecular formula is C18H17BrF3N7O3. The van der Waals surface area contributed by atoms with E-state index in [0.717, 1.165) is 31.4 Å². The lowest BCUT2D eigenvalue weighted by molar-refractivity contribution is -0.192. The fourth-order valence-electron chi connectivity index (χ4n) is 2.93. The number of carboxylic acids is 1. The van der Waals surface area contributed by atoms with Gasteiger partial charge in [-0.05, 0) is 34.5 Å². The molecule has 10 nitrogen and oxygen atoms in total. The largest absolute Gasteiger partial charge is 0.490 e. The van der Waals surface area contributed by atoms with Gasteiger partial charge in [0, 0.05) is 24.5 Å². The zero-order valence-electron chi connectivity index (χ0n) is 16.6. The number of hydrogen-bond donors (Lipinski definition) is 2. The summed E-state index contributed by atoms with van der Waals surface area (Å²) in [5.41, 5.74) is 1.54. The third kappa shape index (κ3) is 4.79. The fourth-order valence-corrected chi connectivity index (χ4v) is 3.30. The predicted molar refractivity (Wildman–Crippen MR) is 111 cm³/mol. The Labute approximate surface area is 186 Å². The van der Waals surface area contributed by atoms with Gasteiger partial charge in [-0.2, -0.15) is 13.2 Å². The Morgan fingerprint density at radius 3 is 2.59 bits per heavy atom. The molecule has 4 heterocycles. The van der Waals surface area contributed by atoms with E-state index in [2.05, 4.69) is 48.0 Å². The lowest BCUT2D eigenvalue weighted by Gasteiger charge is -2.09. The fraction of sp³-hybridized carbons (Fsp3) is 0.333. The van der Waals surface area contributed by atoms with Gasteiger partial charge in [-0.25, -0.2) is 14.2 Å². The summed E-state index contributed by atoms with van der Waals surface area (Å²) in [6.45, 7) is 2.87. The molecule has 0 aliphatic rings. The van der Waals surface area contributed by atoms with Crippen LogP contribution in [0.5, 0.6) is 0 Å². The summed E-state index contributed by atoms with van der Waals surface area (Å²) in [5.74, 6) is -1.79. The molecule has 0 unspecified atom stereocenters. The molecule has 4 rings (SSSR count). The molecule has 32 heavy (non-hydrogen) atoms. The minimum Gasteiger partial charge on any atom is -0.475 e. The molecule has 0 radical (unpaired) electrons. The maximum atomic E-state index is 13.0. The first-order chi connectivity index (χ1) is 15.1. The molecule has 0 saturated carbocycles. The third-order valence-electron chi connectivity index (χ3n) is 4.36. The average Bonchev–Trinajstić information content (AvgIpc) is 3.35. The van der Waals surface area contributed by atoms with Gasteiger partial charge in [-0.3, -0.25) is 14.3 Å². The number of H-pyrrole nitrogens is 1. The van der Waals surface area contributed by atoms with E-state index in [-0.39, 0.29) is 5.56 Å². The van der Waals surface area contributed by atoms with E-state index in [9.17, 15) is 18.0 Å². The van der Waals surface area contributed by atoms with Crippen LogP contribution in [0.15, 0.2) is 34.1 Å². The van der Waals surface area contributed by atoms with E-state index >= 15 is 0 Å². The Bertz CT molecular complexity index is 1300. The van der Waals surface area contributed by atoms with Gasteiger partial charge < -0.3 is 10.1 Å². The van der Waals surface area contributed by atoms with E-state index in [1.54, 1.807) is 12.4 Å². The van der Waals surface area contributed by atoms with Crippen LogP contribution < -0.4 is 5.56 Å². The number of imidazole rings is 1. The number of carbonyl (C=O) groups is 1. The molecule has 0 amide bonds. The number of nitrogens with one attached hydrogen (secondary N) is 1. The summed E-state index contributed by atoms with van der Waals surface area (Å²) in [4.78, 5) is 33.4. The second kappa shape index (κ2) is 9.46. The van der Waals surface area contributed by atoms with Crippen molar-refractivity contribution in [1.82, 2.24) is 34.1 Å². The first-order valence-corrected chi connectivity index (χ1v) is 10.2. The standard InChI is InChI=1S/C16H16BrN7O.C2HF3O2/c1-2-3-4-8-23-13-11(19-15(17)20-13)14(25)24-12(21-22-16(23)24)10-6-5-7-18-9-10;3-2(4,5)1(6)7/h5-7,9H,2-4,8H2,1H3,(H,19,20);(H,6,7). The number of carboxylic acid groups (broad SMARTS) is 1. The maximum Gasteiger partial charge on any atom is 0.490 e. The summed E-state index contributed by atoms with van der Waals surface area (Å²) < 4.78 is 35.7. The van der Waals surface area contributed by atoms with Crippen molar-refractivity contribution >= 4 is 38.8 Å². The molecule has 0 fully saturated rings. The van der Waals surface area contributed by atoms with Crippen LogP contribution in [0.25, 0.3) is 28.3 Å². The third-order valence-corrected chi connectivity index (χ3v) is 4.74. The molecule has 0 aliphatic carbocycles. The summed E-state index contributed by atoms with van der Waals surface area (Å²) in [5, 5.41) is 15.6. The number of fused-ring (bicyclic) bond motifs is 2. The summed E-state index contributed by atoms with van der Waals surface area (Å²) >= 11 is 3.32. The number of nitrogens with zero attached hydrogens (tertiary/aromatic N) is 6. The molecule has 0 aromatic carbocycles. The number of unbranched alkanes of at least 4 members (excludes halogenated alkanes) is 2. The van der Waals surface area contributed by atoms with Gasteiger partial charge in [0.2, 0.25) is 5.78 Å². The normalized spacial score (nSPS) is 11.5. The lowest BCUT2D eigenvalue weighted by atomic mass is 10.2. The van der Waals surface area contributed by atoms with Crippen LogP contribution in [0.2, 0.25) is 0 Å². The Hall–Kier alpha value is -3.29. The van der Waals surface area contributed by atoms with Crippen molar-refractivity contribution in [3.8, 4) is 11.4 Å². The van der Waals surface area contributed by atoms with Crippen molar-refractivity contribution in [2.24, 2.45) is 0 Å². The van der Waals surface area contributed by atoms with Crippen LogP contribution in [0.3, 0.4) is 0 Å². The Kier molecular flexibility index (Phi) is 6.91. The number of aromatic nitrogens is 7. The molecule has 4 aromatic rings. The van der Waals surface area contributed by atoms with Gasteiger partial charge in [0.15, 0.2) is 21.7 Å². The molecule has 2 N–H and O–H groups in total. The van der Waals surface area contributed by atoms with Crippen LogP contribution >= 0.6 is 15.9 Å². The molecule has 4 aromatic heterocycles. The quantitative estimate of drug-likeness (QED) is 0.307. The van der Waals surface area contributed by atoms with Crippen molar-refractivity contribution in [3.63, 3.8) is 0 Å². The first kappa shape index (κ1) is 23.4. The van der Waals surface area contributed by atoms with Crippen LogP contribution in [0.4, 0.5) is 13.2 Å². The van der Waals surface area contributed by atoms with Crippen molar-refractivity contribution in [3.05, 3.63) is 39.6 Å². The van der Waals surface area contributed by atoms with Gasteiger partial charge in [0.1, 0.15) is 0 Å². The molecule has 14 heteroatoms. The Morgan fingerprint density at radius 1 is 1.28 bits per heavy atom. The number of halogens is 4. The summed E-state index contributed by atoms with van der Waals surface area (Å²) in [6.07, 6.45) is 1.44. The maximum absolute atomic E-state index is 13.0. The number of aryl methyl sites for hydroxylation is 1. The minimum absolute atomic E-state index is 0.223. The Balaban J connectivity index is 0.000000360. The lowest BCUT2D eigenvalue weighted by Crippen LogP contribution is -2.21. The molecule has 170 valence electrons. The molecule has 0 spiro atoms. The Morgan fingerprint density at radius 2 is 2.00 bits per heavy atom. The number of rotatable bonds is 5. The molecule has 0 atom stereocenters. The monoisotopic (exact) mass is 515 g/mol. The first-order valence-electron chi connectivity index (χ1n) is 9.38. The summed E-state index contributed by atoms with van der Waals surface area (Å²) in [7, 11) is 0. The zero-order valence-corrected chi connectivity index (χ0v) is 18.2. The second-order valence-electron chi connectivity index (χ2n) is 6.59. The van der Waals surface area contributed by atoms with Crippen LogP contribution in [-0.2, 0) is 11.3 Å². The highest BCUT2D eigenvalue weighted by atomic mass is 79.9. The molecule has 0 saturated heterocycles. The van der Waals surface area contributed by atoms with Crippen molar-refractivity contribution in [2.45, 2.75) is 38.9 Å². The highest BCUT2D eigenvalue weighted by Crippen LogP contribution is 2.20. The van der Waals surface area contributed by atoms with E-state index in [1.807, 2.05) is 16.7 Å². The van der Waals surface area contributed by atoms with Gasteiger partial charge >= 0.3 is 12.1 Å². The number of aliphatic carboxylic acids is 1. The zero-order chi connectivity index (χ0) is 23.5. The van der Waals surface area contributed by atoms with Gasteiger partial charge in [-0.15, -0.1) is 10.2 Å². The summed E-state index contributed by atoms with van der Waals surface area (Å²) in [6, 6.07) is 3.67. The molecular weight excluding hydrogens is 499 g/mol. The average molecular weight is 516 g/mol. The topological polar surface area (TPSA) is 131 Å². The van der Waals surface area contributed by atoms with Gasteiger partial charge in [-0.1, -0.05) is 19.8 Å². The number of pyridine rings is 1. The highest BCUT2D eigenvalue weighted by Gasteiger charge is 2.38. The highest BCUT2D eigenvalue weighted by molar-refractivity contribution is 9.10. The minimum atomic E-state index is -5.08. The van der Waals surface area contributed by atoms with E-state index in [1.165, 1.54) is 4.40 Å². The number of hydrogen-bond acceptors (Lipinski definition) is 6. The van der Waals surface area contributed by atoms with Gasteiger partial charge in [0.05, 0.1) is 0 Å².